The molecule has 0 aliphatic carbocycles. The van der Waals surface area contributed by atoms with Crippen molar-refractivity contribution in [2.45, 2.75) is 21.5 Å². The van der Waals surface area contributed by atoms with Crippen molar-refractivity contribution in [3.63, 3.8) is 0 Å². The van der Waals surface area contributed by atoms with Gasteiger partial charge in [0.2, 0.25) is 0 Å². The minimum Gasteiger partial charge on any atom is -0.440 e. The Labute approximate surface area is 182 Å². The van der Waals surface area contributed by atoms with Crippen molar-refractivity contribution in [1.29, 1.82) is 0 Å². The average molecular weight is 470 g/mol. The Hall–Kier alpha value is -2.02. The zero-order valence-corrected chi connectivity index (χ0v) is 18.2. The number of rotatable bonds is 3. The average Bonchev–Trinajstić information content (AvgIpc) is 2.77. The molecular weight excluding hydrogens is 450 g/mol. The van der Waals surface area contributed by atoms with Crippen LogP contribution >= 0.6 is 27.7 Å². The zero-order chi connectivity index (χ0) is 19.8. The molecule has 29 heavy (non-hydrogen) atoms. The summed E-state index contributed by atoms with van der Waals surface area (Å²) in [5, 5.41) is 0.858. The molecule has 1 aromatic heterocycles. The molecule has 0 N–H and O–H groups in total. The third-order valence-electron chi connectivity index (χ3n) is 5.31. The molecule has 3 heterocycles. The van der Waals surface area contributed by atoms with Crippen LogP contribution in [-0.4, -0.2) is 26.3 Å². The summed E-state index contributed by atoms with van der Waals surface area (Å²) in [5.41, 5.74) is 4.85. The molecule has 0 atom stereocenters. The normalized spacial score (nSPS) is 15.7. The van der Waals surface area contributed by atoms with Gasteiger partial charge < -0.3 is 14.1 Å². The van der Waals surface area contributed by atoms with E-state index in [1.807, 2.05) is 6.07 Å². The lowest BCUT2D eigenvalue weighted by Crippen LogP contribution is -2.36. The third-order valence-corrected chi connectivity index (χ3v) is 7.26. The van der Waals surface area contributed by atoms with E-state index in [2.05, 4.69) is 51.2 Å². The van der Waals surface area contributed by atoms with Gasteiger partial charge in [0.1, 0.15) is 5.76 Å². The number of alkyl halides is 1. The number of hydrogen-bond donors (Lipinski definition) is 0. The molecule has 2 aliphatic rings. The van der Waals surface area contributed by atoms with Crippen molar-refractivity contribution in [2.24, 2.45) is 0 Å². The van der Waals surface area contributed by atoms with E-state index in [0.717, 1.165) is 30.4 Å². The number of benzene rings is 2. The summed E-state index contributed by atoms with van der Waals surface area (Å²) in [6.45, 7) is 2.77. The predicted octanol–water partition coefficient (Wildman–Crippen LogP) is 5.09. The Bertz CT molecular complexity index is 1120. The molecule has 6 heteroatoms. The van der Waals surface area contributed by atoms with Crippen LogP contribution in [0.25, 0.3) is 11.3 Å². The molecule has 4 nitrogen and oxygen atoms in total. The summed E-state index contributed by atoms with van der Waals surface area (Å²) in [4.78, 5) is 17.0. The molecule has 0 unspecified atom stereocenters. The molecule has 0 saturated carbocycles. The van der Waals surface area contributed by atoms with Crippen molar-refractivity contribution in [3.05, 3.63) is 75.4 Å². The Balaban J connectivity index is 1.55. The third kappa shape index (κ3) is 3.77. The van der Waals surface area contributed by atoms with Crippen LogP contribution in [0.1, 0.15) is 16.7 Å². The fourth-order valence-electron chi connectivity index (χ4n) is 3.84. The van der Waals surface area contributed by atoms with Crippen LogP contribution in [0, 0.1) is 0 Å². The van der Waals surface area contributed by atoms with E-state index in [0.29, 0.717) is 24.9 Å². The molecule has 0 amide bonds. The minimum atomic E-state index is -0.0338. The first kappa shape index (κ1) is 19.0. The molecule has 0 bridgehead atoms. The molecular formula is C23H20BrNO3S. The number of hydrogen-bond acceptors (Lipinski definition) is 5. The SMILES string of the molecule is O=c1cc(-c2cccc3c2Sc2ccc(CBr)cc2C3)oc(N2CCOCC2)c1. The first-order valence-electron chi connectivity index (χ1n) is 9.67. The van der Waals surface area contributed by atoms with Crippen molar-refractivity contribution in [2.75, 3.05) is 31.2 Å². The van der Waals surface area contributed by atoms with Crippen molar-refractivity contribution >= 4 is 33.6 Å². The molecule has 3 aromatic rings. The molecule has 5 rings (SSSR count). The maximum atomic E-state index is 12.4. The van der Waals surface area contributed by atoms with Gasteiger partial charge in [-0.3, -0.25) is 4.79 Å². The molecule has 0 radical (unpaired) electrons. The van der Waals surface area contributed by atoms with E-state index in [9.17, 15) is 4.79 Å². The molecule has 0 spiro atoms. The highest BCUT2D eigenvalue weighted by Gasteiger charge is 2.22. The van der Waals surface area contributed by atoms with E-state index >= 15 is 0 Å². The Kier molecular flexibility index (Phi) is 5.24. The standard InChI is InChI=1S/C23H20BrNO3S/c24-14-15-4-5-21-17(10-15)11-16-2-1-3-19(23(16)29-21)20-12-18(26)13-22(28-20)25-6-8-27-9-7-25/h1-5,10,12-13H,6-9,11,14H2. The summed E-state index contributed by atoms with van der Waals surface area (Å²) in [6.07, 6.45) is 0.889. The topological polar surface area (TPSA) is 42.7 Å². The lowest BCUT2D eigenvalue weighted by molar-refractivity contribution is 0.120. The van der Waals surface area contributed by atoms with Crippen LogP contribution in [0.3, 0.4) is 0 Å². The van der Waals surface area contributed by atoms with Crippen LogP contribution in [0.5, 0.6) is 0 Å². The molecule has 2 aliphatic heterocycles. The Morgan fingerprint density at radius 1 is 1.03 bits per heavy atom. The number of fused-ring (bicyclic) bond motifs is 2. The van der Waals surface area contributed by atoms with Gasteiger partial charge in [0.15, 0.2) is 11.3 Å². The Morgan fingerprint density at radius 2 is 1.90 bits per heavy atom. The summed E-state index contributed by atoms with van der Waals surface area (Å²) in [5.74, 6) is 1.25. The zero-order valence-electron chi connectivity index (χ0n) is 15.8. The fourth-order valence-corrected chi connectivity index (χ4v) is 5.36. The maximum absolute atomic E-state index is 12.4. The van der Waals surface area contributed by atoms with Crippen LogP contribution < -0.4 is 10.3 Å². The second-order valence-electron chi connectivity index (χ2n) is 7.24. The van der Waals surface area contributed by atoms with E-state index in [1.54, 1.807) is 23.9 Å². The lowest BCUT2D eigenvalue weighted by atomic mass is 9.99. The van der Waals surface area contributed by atoms with Crippen LogP contribution in [0.2, 0.25) is 0 Å². The number of nitrogens with zero attached hydrogens (tertiary/aromatic N) is 1. The lowest BCUT2D eigenvalue weighted by Gasteiger charge is -2.27. The van der Waals surface area contributed by atoms with Gasteiger partial charge in [0, 0.05) is 45.9 Å². The number of anilines is 1. The highest BCUT2D eigenvalue weighted by Crippen LogP contribution is 2.45. The summed E-state index contributed by atoms with van der Waals surface area (Å²) in [7, 11) is 0. The largest absolute Gasteiger partial charge is 0.440 e. The van der Waals surface area contributed by atoms with Crippen LogP contribution in [-0.2, 0) is 16.5 Å². The summed E-state index contributed by atoms with van der Waals surface area (Å²) < 4.78 is 11.6. The van der Waals surface area contributed by atoms with Gasteiger partial charge in [-0.25, -0.2) is 0 Å². The van der Waals surface area contributed by atoms with E-state index in [4.69, 9.17) is 9.15 Å². The van der Waals surface area contributed by atoms with Crippen molar-refractivity contribution < 1.29 is 9.15 Å². The van der Waals surface area contributed by atoms with E-state index < -0.39 is 0 Å². The Morgan fingerprint density at radius 3 is 2.72 bits per heavy atom. The van der Waals surface area contributed by atoms with Crippen LogP contribution in [0.4, 0.5) is 5.88 Å². The van der Waals surface area contributed by atoms with Crippen molar-refractivity contribution in [3.8, 4) is 11.3 Å². The summed E-state index contributed by atoms with van der Waals surface area (Å²) in [6, 6.07) is 16.1. The fraction of sp³-hybridized carbons (Fsp3) is 0.261. The second-order valence-corrected chi connectivity index (χ2v) is 8.86. The molecule has 2 aromatic carbocycles. The number of halogens is 1. The predicted molar refractivity (Wildman–Crippen MR) is 119 cm³/mol. The van der Waals surface area contributed by atoms with Gasteiger partial charge >= 0.3 is 0 Å². The van der Waals surface area contributed by atoms with E-state index in [-0.39, 0.29) is 5.43 Å². The molecule has 148 valence electrons. The highest BCUT2D eigenvalue weighted by molar-refractivity contribution is 9.08. The highest BCUT2D eigenvalue weighted by atomic mass is 79.9. The van der Waals surface area contributed by atoms with Crippen LogP contribution in [0.15, 0.2) is 67.5 Å². The minimum absolute atomic E-state index is 0.0338. The van der Waals surface area contributed by atoms with Gasteiger partial charge in [0.05, 0.1) is 13.2 Å². The quantitative estimate of drug-likeness (QED) is 0.390. The van der Waals surface area contributed by atoms with Gasteiger partial charge in [0.25, 0.3) is 0 Å². The second kappa shape index (κ2) is 8.01. The number of morpholine rings is 1. The van der Waals surface area contributed by atoms with E-state index in [1.165, 1.54) is 26.5 Å². The van der Waals surface area contributed by atoms with Gasteiger partial charge in [-0.1, -0.05) is 58.0 Å². The molecule has 1 saturated heterocycles. The summed E-state index contributed by atoms with van der Waals surface area (Å²) >= 11 is 5.30. The number of ether oxygens (including phenoxy) is 1. The maximum Gasteiger partial charge on any atom is 0.200 e. The molecule has 1 fully saturated rings. The van der Waals surface area contributed by atoms with Gasteiger partial charge in [-0.05, 0) is 29.2 Å². The smallest absolute Gasteiger partial charge is 0.200 e. The van der Waals surface area contributed by atoms with Gasteiger partial charge in [-0.15, -0.1) is 0 Å². The van der Waals surface area contributed by atoms with Gasteiger partial charge in [-0.2, -0.15) is 0 Å². The first-order chi connectivity index (χ1) is 14.2. The van der Waals surface area contributed by atoms with Crippen molar-refractivity contribution in [1.82, 2.24) is 0 Å². The first-order valence-corrected chi connectivity index (χ1v) is 11.6. The monoisotopic (exact) mass is 469 g/mol.